The van der Waals surface area contributed by atoms with E-state index in [1.54, 1.807) is 24.8 Å². The van der Waals surface area contributed by atoms with Gasteiger partial charge in [-0.25, -0.2) is 0 Å². The van der Waals surface area contributed by atoms with Crippen molar-refractivity contribution in [2.75, 3.05) is 20.3 Å². The highest BCUT2D eigenvalue weighted by molar-refractivity contribution is 7.21. The molecule has 3 aromatic heterocycles. The molecule has 1 saturated heterocycles. The lowest BCUT2D eigenvalue weighted by Crippen LogP contribution is -2.31. The Kier molecular flexibility index (Phi) is 6.02. The Balaban J connectivity index is 1.53. The summed E-state index contributed by atoms with van der Waals surface area (Å²) in [5.74, 6) is 2.23. The van der Waals surface area contributed by atoms with Crippen molar-refractivity contribution in [2.24, 2.45) is 7.05 Å². The fourth-order valence-corrected chi connectivity index (χ4v) is 5.24. The second-order valence-corrected chi connectivity index (χ2v) is 9.57. The van der Waals surface area contributed by atoms with Crippen LogP contribution >= 0.6 is 11.3 Å². The van der Waals surface area contributed by atoms with Crippen molar-refractivity contribution < 1.29 is 18.7 Å². The van der Waals surface area contributed by atoms with E-state index in [-0.39, 0.29) is 17.6 Å². The third-order valence-corrected chi connectivity index (χ3v) is 7.18. The second kappa shape index (κ2) is 9.12. The lowest BCUT2D eigenvalue weighted by molar-refractivity contribution is 0.0730. The number of benzene rings is 1. The van der Waals surface area contributed by atoms with E-state index in [0.717, 1.165) is 45.8 Å². The number of aromatic nitrogens is 1. The summed E-state index contributed by atoms with van der Waals surface area (Å²) in [6.07, 6.45) is 2.84. The first-order chi connectivity index (χ1) is 16.4. The first-order valence-corrected chi connectivity index (χ1v) is 12.0. The molecule has 0 spiro atoms. The number of thiophene rings is 1. The van der Waals surface area contributed by atoms with Crippen molar-refractivity contribution in [3.8, 4) is 16.9 Å². The number of hydrogen-bond donors (Lipinski definition) is 0. The molecule has 5 rings (SSSR count). The number of carbonyl (C=O) groups is 1. The number of aryl methyl sites for hydroxylation is 2. The van der Waals surface area contributed by atoms with Crippen LogP contribution in [-0.4, -0.2) is 41.7 Å². The van der Waals surface area contributed by atoms with E-state index >= 15 is 0 Å². The molecule has 0 radical (unpaired) electrons. The number of fused-ring (bicyclic) bond motifs is 1. The number of pyridine rings is 1. The van der Waals surface area contributed by atoms with E-state index < -0.39 is 0 Å². The number of amides is 1. The third-order valence-electron chi connectivity index (χ3n) is 6.02. The molecule has 176 valence electrons. The number of epoxide rings is 1. The molecule has 0 aliphatic carbocycles. The molecule has 1 unspecified atom stereocenters. The summed E-state index contributed by atoms with van der Waals surface area (Å²) < 4.78 is 19.2. The van der Waals surface area contributed by atoms with Gasteiger partial charge in [0.1, 0.15) is 17.3 Å². The van der Waals surface area contributed by atoms with E-state index in [0.29, 0.717) is 23.7 Å². The molecule has 34 heavy (non-hydrogen) atoms. The second-order valence-electron chi connectivity index (χ2n) is 8.52. The summed E-state index contributed by atoms with van der Waals surface area (Å²) in [4.78, 5) is 28.0. The van der Waals surface area contributed by atoms with Crippen molar-refractivity contribution in [3.05, 3.63) is 75.4 Å². The van der Waals surface area contributed by atoms with Crippen LogP contribution in [0.1, 0.15) is 27.6 Å². The molecule has 1 aliphatic rings. The van der Waals surface area contributed by atoms with Gasteiger partial charge in [0.15, 0.2) is 0 Å². The van der Waals surface area contributed by atoms with Crippen molar-refractivity contribution in [3.63, 3.8) is 0 Å². The Morgan fingerprint density at radius 3 is 2.74 bits per heavy atom. The minimum absolute atomic E-state index is 0.0515. The zero-order valence-electron chi connectivity index (χ0n) is 19.4. The Hall–Kier alpha value is -3.36. The van der Waals surface area contributed by atoms with Crippen molar-refractivity contribution >= 4 is 27.3 Å². The standard InChI is InChI=1S/C26H26N2O5S/c1-16-4-6-18(33-16)14-28(11-10-19-15-32-19)26(30)23-12-21-22(31-3)8-7-20(25(21)34-23)17-5-9-24(29)27(2)13-17/h4-9,12-13,19H,10-11,14-15H2,1-3H3. The zero-order valence-corrected chi connectivity index (χ0v) is 20.2. The van der Waals surface area contributed by atoms with Gasteiger partial charge < -0.3 is 23.4 Å². The summed E-state index contributed by atoms with van der Waals surface area (Å²) in [5, 5.41) is 0.876. The molecule has 0 bridgehead atoms. The fourth-order valence-electron chi connectivity index (χ4n) is 4.06. The van der Waals surface area contributed by atoms with E-state index in [9.17, 15) is 9.59 Å². The van der Waals surface area contributed by atoms with Gasteiger partial charge in [-0.3, -0.25) is 9.59 Å². The molecule has 8 heteroatoms. The van der Waals surface area contributed by atoms with Crippen LogP contribution in [0.25, 0.3) is 21.2 Å². The van der Waals surface area contributed by atoms with Crippen molar-refractivity contribution in [2.45, 2.75) is 26.0 Å². The first-order valence-electron chi connectivity index (χ1n) is 11.2. The number of rotatable bonds is 8. The number of carbonyl (C=O) groups excluding carboxylic acids is 1. The maximum Gasteiger partial charge on any atom is 0.264 e. The Labute approximate surface area is 201 Å². The molecule has 4 heterocycles. The summed E-state index contributed by atoms with van der Waals surface area (Å²) in [6.45, 7) is 3.64. The number of nitrogens with zero attached hydrogens (tertiary/aromatic N) is 2. The summed E-state index contributed by atoms with van der Waals surface area (Å²) >= 11 is 1.44. The van der Waals surface area contributed by atoms with Gasteiger partial charge in [-0.15, -0.1) is 11.3 Å². The zero-order chi connectivity index (χ0) is 23.8. The topological polar surface area (TPSA) is 77.2 Å². The molecule has 7 nitrogen and oxygen atoms in total. The minimum atomic E-state index is -0.0704. The third kappa shape index (κ3) is 4.51. The molecular formula is C26H26N2O5S. The molecule has 1 aromatic carbocycles. The largest absolute Gasteiger partial charge is 0.496 e. The highest BCUT2D eigenvalue weighted by atomic mass is 32.1. The molecule has 1 fully saturated rings. The summed E-state index contributed by atoms with van der Waals surface area (Å²) in [5.41, 5.74) is 1.79. The van der Waals surface area contributed by atoms with E-state index in [1.165, 1.54) is 11.3 Å². The van der Waals surface area contributed by atoms with Crippen LogP contribution in [0.2, 0.25) is 0 Å². The number of furan rings is 1. The van der Waals surface area contributed by atoms with Crippen LogP contribution in [-0.2, 0) is 18.3 Å². The van der Waals surface area contributed by atoms with Gasteiger partial charge in [0.25, 0.3) is 5.91 Å². The average Bonchev–Trinajstić information content (AvgIpc) is 3.40. The summed E-state index contributed by atoms with van der Waals surface area (Å²) in [6, 6.07) is 13.0. The molecule has 0 saturated carbocycles. The fraction of sp³-hybridized carbons (Fsp3) is 0.308. The van der Waals surface area contributed by atoms with Crippen LogP contribution in [0.3, 0.4) is 0 Å². The lowest BCUT2D eigenvalue weighted by atomic mass is 10.1. The van der Waals surface area contributed by atoms with Crippen LogP contribution in [0.15, 0.2) is 57.9 Å². The summed E-state index contributed by atoms with van der Waals surface area (Å²) in [7, 11) is 3.36. The average molecular weight is 479 g/mol. The van der Waals surface area contributed by atoms with Crippen LogP contribution in [0, 0.1) is 6.92 Å². The van der Waals surface area contributed by atoms with Crippen LogP contribution in [0.5, 0.6) is 5.75 Å². The monoisotopic (exact) mass is 478 g/mol. The quantitative estimate of drug-likeness (QED) is 0.346. The van der Waals surface area contributed by atoms with Gasteiger partial charge in [0.2, 0.25) is 5.56 Å². The predicted octanol–water partition coefficient (Wildman–Crippen LogP) is 4.61. The minimum Gasteiger partial charge on any atom is -0.496 e. The van der Waals surface area contributed by atoms with Gasteiger partial charge in [-0.1, -0.05) is 0 Å². The molecule has 1 amide bonds. The molecule has 1 atom stereocenters. The van der Waals surface area contributed by atoms with E-state index in [4.69, 9.17) is 13.9 Å². The van der Waals surface area contributed by atoms with E-state index in [1.807, 2.05) is 54.4 Å². The molecule has 4 aromatic rings. The number of methoxy groups -OCH3 is 1. The van der Waals surface area contributed by atoms with Gasteiger partial charge in [0, 0.05) is 41.5 Å². The maximum absolute atomic E-state index is 13.7. The predicted molar refractivity (Wildman–Crippen MR) is 132 cm³/mol. The van der Waals surface area contributed by atoms with Gasteiger partial charge >= 0.3 is 0 Å². The molecule has 0 N–H and O–H groups in total. The lowest BCUT2D eigenvalue weighted by Gasteiger charge is -2.20. The molecular weight excluding hydrogens is 452 g/mol. The van der Waals surface area contributed by atoms with E-state index in [2.05, 4.69) is 0 Å². The molecule has 1 aliphatic heterocycles. The maximum atomic E-state index is 13.7. The Morgan fingerprint density at radius 2 is 2.06 bits per heavy atom. The van der Waals surface area contributed by atoms with Crippen LogP contribution < -0.4 is 10.3 Å². The van der Waals surface area contributed by atoms with Gasteiger partial charge in [0.05, 0.1) is 31.2 Å². The number of hydrogen-bond acceptors (Lipinski definition) is 6. The van der Waals surface area contributed by atoms with Crippen molar-refractivity contribution in [1.82, 2.24) is 9.47 Å². The smallest absolute Gasteiger partial charge is 0.264 e. The van der Waals surface area contributed by atoms with Gasteiger partial charge in [-0.2, -0.15) is 0 Å². The Morgan fingerprint density at radius 1 is 1.24 bits per heavy atom. The number of ether oxygens (including phenoxy) is 2. The van der Waals surface area contributed by atoms with Crippen LogP contribution in [0.4, 0.5) is 0 Å². The highest BCUT2D eigenvalue weighted by Crippen LogP contribution is 2.40. The van der Waals surface area contributed by atoms with Crippen molar-refractivity contribution in [1.29, 1.82) is 0 Å². The Bertz CT molecular complexity index is 1410. The van der Waals surface area contributed by atoms with Gasteiger partial charge in [-0.05, 0) is 55.3 Å². The SMILES string of the molecule is COc1ccc(-c2ccc(=O)n(C)c2)c2sc(C(=O)N(CCC3CO3)Cc3ccc(C)o3)cc12. The first kappa shape index (κ1) is 22.4. The highest BCUT2D eigenvalue weighted by Gasteiger charge is 2.27. The normalized spacial score (nSPS) is 15.0.